The largest absolute Gasteiger partial charge is 0.486 e. The van der Waals surface area contributed by atoms with Crippen LogP contribution in [0, 0.1) is 5.92 Å². The Morgan fingerprint density at radius 2 is 2.18 bits per heavy atom. The third kappa shape index (κ3) is 4.00. The molecule has 1 fully saturated rings. The molecule has 34 heavy (non-hydrogen) atoms. The van der Waals surface area contributed by atoms with E-state index < -0.39 is 11.8 Å². The van der Waals surface area contributed by atoms with Crippen molar-refractivity contribution >= 4 is 45.6 Å². The molecule has 0 amide bonds. The van der Waals surface area contributed by atoms with Crippen LogP contribution in [0.25, 0.3) is 10.9 Å². The monoisotopic (exact) mass is 490 g/mol. The van der Waals surface area contributed by atoms with Gasteiger partial charge in [0.05, 0.1) is 24.0 Å². The zero-order valence-corrected chi connectivity index (χ0v) is 19.6. The molecular weight excluding hydrogens is 466 g/mol. The lowest BCUT2D eigenvalue weighted by molar-refractivity contribution is -0.0653. The van der Waals surface area contributed by atoms with Gasteiger partial charge in [-0.05, 0) is 24.6 Å². The molecule has 0 bridgehead atoms. The van der Waals surface area contributed by atoms with Gasteiger partial charge in [-0.1, -0.05) is 18.5 Å². The van der Waals surface area contributed by atoms with Gasteiger partial charge < -0.3 is 24.8 Å². The first-order chi connectivity index (χ1) is 16.2. The van der Waals surface area contributed by atoms with Gasteiger partial charge in [-0.3, -0.25) is 4.79 Å². The van der Waals surface area contributed by atoms with Crippen molar-refractivity contribution in [1.29, 1.82) is 0 Å². The highest BCUT2D eigenvalue weighted by Crippen LogP contribution is 2.36. The van der Waals surface area contributed by atoms with Crippen LogP contribution in [0.2, 0.25) is 5.02 Å². The molecule has 180 valence electrons. The highest BCUT2D eigenvalue weighted by atomic mass is 35.5. The van der Waals surface area contributed by atoms with E-state index in [1.165, 1.54) is 13.1 Å². The molecule has 2 aromatic heterocycles. The van der Waals surface area contributed by atoms with Gasteiger partial charge in [-0.2, -0.15) is 4.98 Å². The summed E-state index contributed by atoms with van der Waals surface area (Å²) in [5, 5.41) is 7.66. The number of ether oxygens (including phenoxy) is 1. The van der Waals surface area contributed by atoms with Gasteiger partial charge in [0.2, 0.25) is 11.7 Å². The molecule has 2 aliphatic heterocycles. The summed E-state index contributed by atoms with van der Waals surface area (Å²) >= 11 is 6.36. The van der Waals surface area contributed by atoms with E-state index >= 15 is 0 Å². The van der Waals surface area contributed by atoms with Gasteiger partial charge >= 0.3 is 0 Å². The molecular formula is C23H25ClF2N6O2. The Balaban J connectivity index is 1.49. The van der Waals surface area contributed by atoms with Crippen LogP contribution in [0.1, 0.15) is 19.8 Å². The van der Waals surface area contributed by atoms with Crippen molar-refractivity contribution in [3.8, 4) is 5.75 Å². The number of hydrogen-bond acceptors (Lipinski definition) is 7. The second kappa shape index (κ2) is 8.57. The normalized spacial score (nSPS) is 19.7. The molecule has 0 unspecified atom stereocenters. The van der Waals surface area contributed by atoms with Gasteiger partial charge in [0.25, 0.3) is 11.5 Å². The fourth-order valence-electron chi connectivity index (χ4n) is 4.37. The molecule has 11 heteroatoms. The van der Waals surface area contributed by atoms with Gasteiger partial charge in [0, 0.05) is 50.1 Å². The van der Waals surface area contributed by atoms with Crippen molar-refractivity contribution in [2.75, 3.05) is 41.8 Å². The van der Waals surface area contributed by atoms with Crippen LogP contribution in [0.5, 0.6) is 5.75 Å². The maximum atomic E-state index is 13.9. The van der Waals surface area contributed by atoms with Gasteiger partial charge in [-0.15, -0.1) is 0 Å². The molecule has 5 rings (SSSR count). The average Bonchev–Trinajstić information content (AvgIpc) is 3.07. The number of hydrogen-bond donors (Lipinski definition) is 2. The Hall–Kier alpha value is -3.14. The minimum absolute atomic E-state index is 0.163. The average molecular weight is 491 g/mol. The summed E-state index contributed by atoms with van der Waals surface area (Å²) in [7, 11) is 1.71. The number of rotatable bonds is 3. The van der Waals surface area contributed by atoms with E-state index in [2.05, 4.69) is 20.6 Å². The summed E-state index contributed by atoms with van der Waals surface area (Å²) in [5.41, 5.74) is 1.92. The SMILES string of the molecule is C[C@@H]1CN(c2ncc(Cl)c(Nc3ccc4c(c3)c3c(c(=O)n4C)OCCCN3)n2)CCC1(F)F. The van der Waals surface area contributed by atoms with Crippen LogP contribution < -0.4 is 25.8 Å². The second-order valence-corrected chi connectivity index (χ2v) is 9.19. The maximum absolute atomic E-state index is 13.9. The number of benzene rings is 1. The van der Waals surface area contributed by atoms with Crippen molar-refractivity contribution in [2.45, 2.75) is 25.7 Å². The molecule has 1 aromatic carbocycles. The van der Waals surface area contributed by atoms with Gasteiger partial charge in [-0.25, -0.2) is 13.8 Å². The summed E-state index contributed by atoms with van der Waals surface area (Å²) in [4.78, 5) is 23.3. The smallest absolute Gasteiger partial charge is 0.295 e. The molecule has 8 nitrogen and oxygen atoms in total. The zero-order chi connectivity index (χ0) is 24.0. The lowest BCUT2D eigenvalue weighted by Gasteiger charge is -2.36. The highest BCUT2D eigenvalue weighted by Gasteiger charge is 2.41. The number of fused-ring (bicyclic) bond motifs is 3. The Morgan fingerprint density at radius 3 is 2.97 bits per heavy atom. The summed E-state index contributed by atoms with van der Waals surface area (Å²) in [5.74, 6) is -2.46. The molecule has 1 atom stereocenters. The van der Waals surface area contributed by atoms with Crippen LogP contribution in [0.15, 0.2) is 29.2 Å². The number of aryl methyl sites for hydroxylation is 1. The van der Waals surface area contributed by atoms with Crippen LogP contribution in [-0.4, -0.2) is 46.7 Å². The molecule has 0 radical (unpaired) electrons. The summed E-state index contributed by atoms with van der Waals surface area (Å²) in [6.07, 6.45) is 2.01. The molecule has 0 aliphatic carbocycles. The number of aromatic nitrogens is 3. The standard InChI is InChI=1S/C23H25ClF2N6O2/c1-13-12-32(8-6-23(13,25)26)22-28-11-16(24)20(30-22)29-14-4-5-17-15(10-14)18-19(21(33)31(17)2)34-9-3-7-27-18/h4-5,10-11,13,27H,3,6-9,12H2,1-2H3,(H,28,29,30)/t13-/m1/s1. The molecule has 3 aromatic rings. The third-order valence-corrected chi connectivity index (χ3v) is 6.71. The summed E-state index contributed by atoms with van der Waals surface area (Å²) in [6.45, 7) is 3.03. The number of halogens is 3. The lowest BCUT2D eigenvalue weighted by Crippen LogP contribution is -2.46. The van der Waals surface area contributed by atoms with E-state index in [-0.39, 0.29) is 25.1 Å². The first kappa shape index (κ1) is 22.6. The summed E-state index contributed by atoms with van der Waals surface area (Å²) in [6, 6.07) is 5.57. The first-order valence-electron chi connectivity index (χ1n) is 11.2. The number of piperidine rings is 1. The summed E-state index contributed by atoms with van der Waals surface area (Å²) < 4.78 is 35.1. The van der Waals surface area contributed by atoms with Crippen molar-refractivity contribution < 1.29 is 13.5 Å². The minimum atomic E-state index is -2.69. The van der Waals surface area contributed by atoms with E-state index in [0.29, 0.717) is 47.1 Å². The highest BCUT2D eigenvalue weighted by molar-refractivity contribution is 6.32. The van der Waals surface area contributed by atoms with Crippen molar-refractivity contribution in [3.63, 3.8) is 0 Å². The first-order valence-corrected chi connectivity index (χ1v) is 11.6. The lowest BCUT2D eigenvalue weighted by atomic mass is 9.96. The van der Waals surface area contributed by atoms with Gasteiger partial charge in [0.1, 0.15) is 5.02 Å². The van der Waals surface area contributed by atoms with Gasteiger partial charge in [0.15, 0.2) is 5.82 Å². The zero-order valence-electron chi connectivity index (χ0n) is 18.9. The number of nitrogens with one attached hydrogen (secondary N) is 2. The Bertz CT molecular complexity index is 1310. The van der Waals surface area contributed by atoms with Crippen molar-refractivity contribution in [2.24, 2.45) is 13.0 Å². The Kier molecular flexibility index (Phi) is 5.71. The van der Waals surface area contributed by atoms with Crippen LogP contribution in [0.4, 0.5) is 31.9 Å². The molecule has 2 N–H and O–H groups in total. The fraction of sp³-hybridized carbons (Fsp3) is 0.435. The number of anilines is 4. The van der Waals surface area contributed by atoms with Crippen molar-refractivity contribution in [3.05, 3.63) is 39.8 Å². The van der Waals surface area contributed by atoms with E-state index in [1.807, 2.05) is 18.2 Å². The molecule has 4 heterocycles. The second-order valence-electron chi connectivity index (χ2n) is 8.78. The Labute approximate surface area is 199 Å². The van der Waals surface area contributed by atoms with Crippen LogP contribution in [-0.2, 0) is 7.05 Å². The van der Waals surface area contributed by atoms with E-state index in [0.717, 1.165) is 17.3 Å². The third-order valence-electron chi connectivity index (χ3n) is 6.43. The van der Waals surface area contributed by atoms with E-state index in [4.69, 9.17) is 16.3 Å². The quantitative estimate of drug-likeness (QED) is 0.563. The minimum Gasteiger partial charge on any atom is -0.486 e. The maximum Gasteiger partial charge on any atom is 0.295 e. The van der Waals surface area contributed by atoms with Crippen LogP contribution >= 0.6 is 11.6 Å². The molecule has 1 saturated heterocycles. The number of alkyl halides is 2. The molecule has 0 saturated carbocycles. The number of pyridine rings is 1. The Morgan fingerprint density at radius 1 is 1.35 bits per heavy atom. The predicted molar refractivity (Wildman–Crippen MR) is 129 cm³/mol. The molecule has 0 spiro atoms. The molecule has 2 aliphatic rings. The van der Waals surface area contributed by atoms with Crippen molar-refractivity contribution in [1.82, 2.24) is 14.5 Å². The van der Waals surface area contributed by atoms with E-state index in [9.17, 15) is 13.6 Å². The predicted octanol–water partition coefficient (Wildman–Crippen LogP) is 4.40. The fourth-order valence-corrected chi connectivity index (χ4v) is 4.51. The number of nitrogens with zero attached hydrogens (tertiary/aromatic N) is 4. The topological polar surface area (TPSA) is 84.3 Å². The van der Waals surface area contributed by atoms with Crippen LogP contribution in [0.3, 0.4) is 0 Å². The van der Waals surface area contributed by atoms with E-state index in [1.54, 1.807) is 16.5 Å².